The average molecular weight is 368 g/mol. The van der Waals surface area contributed by atoms with Crippen molar-refractivity contribution in [3.63, 3.8) is 0 Å². The standard InChI is InChI=1S/C12H18BrNO5S/c1-8(7-15)6-14-20(16,17)12-5-11(19-3)10(18-2)4-9(12)13/h4-5,8,14-15H,6-7H2,1-3H3. The molecule has 1 atom stereocenters. The van der Waals surface area contributed by atoms with Gasteiger partial charge in [-0.2, -0.15) is 0 Å². The number of nitrogens with one attached hydrogen (secondary N) is 1. The van der Waals surface area contributed by atoms with Gasteiger partial charge in [0, 0.05) is 23.7 Å². The van der Waals surface area contributed by atoms with Gasteiger partial charge in [-0.15, -0.1) is 0 Å². The zero-order valence-corrected chi connectivity index (χ0v) is 13.9. The van der Waals surface area contributed by atoms with Gasteiger partial charge in [0.25, 0.3) is 0 Å². The maximum absolute atomic E-state index is 12.2. The largest absolute Gasteiger partial charge is 0.493 e. The Morgan fingerprint density at radius 3 is 2.35 bits per heavy atom. The van der Waals surface area contributed by atoms with Gasteiger partial charge in [-0.05, 0) is 27.9 Å². The molecule has 6 nitrogen and oxygen atoms in total. The summed E-state index contributed by atoms with van der Waals surface area (Å²) < 4.78 is 37.5. The molecule has 1 aromatic carbocycles. The van der Waals surface area contributed by atoms with Crippen LogP contribution in [0.1, 0.15) is 6.92 Å². The minimum absolute atomic E-state index is 0.0558. The number of hydrogen-bond donors (Lipinski definition) is 2. The van der Waals surface area contributed by atoms with Crippen molar-refractivity contribution >= 4 is 26.0 Å². The normalized spacial score (nSPS) is 13.1. The number of sulfonamides is 1. The highest BCUT2D eigenvalue weighted by molar-refractivity contribution is 9.10. The van der Waals surface area contributed by atoms with Gasteiger partial charge in [-0.25, -0.2) is 13.1 Å². The second-order valence-corrected chi connectivity index (χ2v) is 6.87. The Hall–Kier alpha value is -0.830. The second kappa shape index (κ2) is 7.26. The molecule has 0 aliphatic rings. The molecule has 0 bridgehead atoms. The molecule has 1 aromatic rings. The van der Waals surface area contributed by atoms with Crippen molar-refractivity contribution in [2.45, 2.75) is 11.8 Å². The number of halogens is 1. The van der Waals surface area contributed by atoms with E-state index in [1.807, 2.05) is 0 Å². The molecule has 8 heteroatoms. The third kappa shape index (κ3) is 4.08. The van der Waals surface area contributed by atoms with Crippen molar-refractivity contribution in [1.82, 2.24) is 4.72 Å². The molecule has 1 rings (SSSR count). The fraction of sp³-hybridized carbons (Fsp3) is 0.500. The summed E-state index contributed by atoms with van der Waals surface area (Å²) in [6, 6.07) is 2.91. The van der Waals surface area contributed by atoms with Crippen molar-refractivity contribution in [3.05, 3.63) is 16.6 Å². The molecular weight excluding hydrogens is 350 g/mol. The monoisotopic (exact) mass is 367 g/mol. The third-order valence-electron chi connectivity index (χ3n) is 2.66. The van der Waals surface area contributed by atoms with E-state index in [9.17, 15) is 8.42 Å². The maximum Gasteiger partial charge on any atom is 0.241 e. The highest BCUT2D eigenvalue weighted by Gasteiger charge is 2.21. The summed E-state index contributed by atoms with van der Waals surface area (Å²) in [6.07, 6.45) is 0. The van der Waals surface area contributed by atoms with Crippen LogP contribution in [-0.2, 0) is 10.0 Å². The van der Waals surface area contributed by atoms with Crippen molar-refractivity contribution in [1.29, 1.82) is 0 Å². The van der Waals surface area contributed by atoms with Gasteiger partial charge >= 0.3 is 0 Å². The van der Waals surface area contributed by atoms with E-state index in [-0.39, 0.29) is 24.0 Å². The molecule has 0 spiro atoms. The summed E-state index contributed by atoms with van der Waals surface area (Å²) >= 11 is 3.21. The van der Waals surface area contributed by atoms with E-state index in [4.69, 9.17) is 14.6 Å². The summed E-state index contributed by atoms with van der Waals surface area (Å²) in [4.78, 5) is 0.0558. The van der Waals surface area contributed by atoms with Crippen LogP contribution in [0.15, 0.2) is 21.5 Å². The number of ether oxygens (including phenoxy) is 2. The van der Waals surface area contributed by atoms with E-state index in [0.717, 1.165) is 0 Å². The lowest BCUT2D eigenvalue weighted by Gasteiger charge is -2.14. The maximum atomic E-state index is 12.2. The van der Waals surface area contributed by atoms with Gasteiger partial charge in [0.15, 0.2) is 11.5 Å². The first-order valence-electron chi connectivity index (χ1n) is 5.87. The molecule has 0 saturated carbocycles. The van der Waals surface area contributed by atoms with Crippen LogP contribution in [0.5, 0.6) is 11.5 Å². The lowest BCUT2D eigenvalue weighted by Crippen LogP contribution is -2.30. The van der Waals surface area contributed by atoms with Crippen LogP contribution in [-0.4, -0.2) is 40.9 Å². The first-order chi connectivity index (χ1) is 9.35. The van der Waals surface area contributed by atoms with Crippen LogP contribution >= 0.6 is 15.9 Å². The molecule has 114 valence electrons. The summed E-state index contributed by atoms with van der Waals surface area (Å²) in [5.74, 6) is 0.594. The van der Waals surface area contributed by atoms with E-state index in [2.05, 4.69) is 20.7 Å². The van der Waals surface area contributed by atoms with Crippen molar-refractivity contribution < 1.29 is 23.0 Å². The molecule has 0 aromatic heterocycles. The van der Waals surface area contributed by atoms with Gasteiger partial charge in [0.05, 0.1) is 14.2 Å². The predicted octanol–water partition coefficient (Wildman–Crippen LogP) is 1.37. The second-order valence-electron chi connectivity index (χ2n) is 4.28. The predicted molar refractivity (Wildman–Crippen MR) is 78.7 cm³/mol. The number of aliphatic hydroxyl groups excluding tert-OH is 1. The molecule has 0 aliphatic carbocycles. The van der Waals surface area contributed by atoms with Gasteiger partial charge in [-0.1, -0.05) is 6.92 Å². The highest BCUT2D eigenvalue weighted by atomic mass is 79.9. The molecule has 0 amide bonds. The smallest absolute Gasteiger partial charge is 0.241 e. The number of benzene rings is 1. The van der Waals surface area contributed by atoms with E-state index in [0.29, 0.717) is 16.0 Å². The lowest BCUT2D eigenvalue weighted by atomic mass is 10.2. The third-order valence-corrected chi connectivity index (χ3v) is 5.04. The Morgan fingerprint density at radius 2 is 1.85 bits per heavy atom. The molecule has 0 radical (unpaired) electrons. The SMILES string of the molecule is COc1cc(Br)c(S(=O)(=O)NCC(C)CO)cc1OC. The number of aliphatic hydroxyl groups is 1. The molecule has 0 aliphatic heterocycles. The van der Waals surface area contributed by atoms with E-state index >= 15 is 0 Å². The molecule has 1 unspecified atom stereocenters. The Balaban J connectivity index is 3.12. The molecule has 0 saturated heterocycles. The Kier molecular flexibility index (Phi) is 6.25. The molecule has 20 heavy (non-hydrogen) atoms. The highest BCUT2D eigenvalue weighted by Crippen LogP contribution is 2.35. The fourth-order valence-corrected chi connectivity index (χ4v) is 3.63. The van der Waals surface area contributed by atoms with E-state index < -0.39 is 10.0 Å². The van der Waals surface area contributed by atoms with Gasteiger partial charge in [0.1, 0.15) is 4.90 Å². The van der Waals surface area contributed by atoms with Gasteiger partial charge in [-0.3, -0.25) is 0 Å². The van der Waals surface area contributed by atoms with Crippen LogP contribution in [0.3, 0.4) is 0 Å². The number of methoxy groups -OCH3 is 2. The van der Waals surface area contributed by atoms with Crippen LogP contribution in [0, 0.1) is 5.92 Å². The summed E-state index contributed by atoms with van der Waals surface area (Å²) in [6.45, 7) is 1.81. The van der Waals surface area contributed by atoms with Crippen LogP contribution in [0.25, 0.3) is 0 Å². The van der Waals surface area contributed by atoms with Crippen molar-refractivity contribution in [3.8, 4) is 11.5 Å². The van der Waals surface area contributed by atoms with Gasteiger partial charge < -0.3 is 14.6 Å². The minimum atomic E-state index is -3.70. The first kappa shape index (κ1) is 17.2. The van der Waals surface area contributed by atoms with Gasteiger partial charge in [0.2, 0.25) is 10.0 Å². The Bertz CT molecular complexity index is 561. The van der Waals surface area contributed by atoms with E-state index in [1.54, 1.807) is 6.92 Å². The Morgan fingerprint density at radius 1 is 1.30 bits per heavy atom. The quantitative estimate of drug-likeness (QED) is 0.760. The summed E-state index contributed by atoms with van der Waals surface area (Å²) in [7, 11) is -0.791. The van der Waals surface area contributed by atoms with Crippen molar-refractivity contribution in [2.75, 3.05) is 27.4 Å². The molecule has 0 heterocycles. The molecule has 2 N–H and O–H groups in total. The summed E-state index contributed by atoms with van der Waals surface area (Å²) in [5.41, 5.74) is 0. The van der Waals surface area contributed by atoms with E-state index in [1.165, 1.54) is 26.4 Å². The zero-order valence-electron chi connectivity index (χ0n) is 11.5. The molecular formula is C12H18BrNO5S. The fourth-order valence-electron chi connectivity index (χ4n) is 1.44. The Labute approximate surface area is 127 Å². The first-order valence-corrected chi connectivity index (χ1v) is 8.15. The average Bonchev–Trinajstić information content (AvgIpc) is 2.44. The van der Waals surface area contributed by atoms with Crippen LogP contribution in [0.2, 0.25) is 0 Å². The van der Waals surface area contributed by atoms with Crippen molar-refractivity contribution in [2.24, 2.45) is 5.92 Å². The zero-order chi connectivity index (χ0) is 15.3. The van der Waals surface area contributed by atoms with Crippen LogP contribution in [0.4, 0.5) is 0 Å². The number of hydrogen-bond acceptors (Lipinski definition) is 5. The number of rotatable bonds is 7. The minimum Gasteiger partial charge on any atom is -0.493 e. The van der Waals surface area contributed by atoms with Crippen LogP contribution < -0.4 is 14.2 Å². The lowest BCUT2D eigenvalue weighted by molar-refractivity contribution is 0.238. The topological polar surface area (TPSA) is 84.9 Å². The molecule has 0 fully saturated rings. The summed E-state index contributed by atoms with van der Waals surface area (Å²) in [5, 5.41) is 8.93.